The Hall–Kier alpha value is 0.180. The fraction of sp³-hybridized carbons (Fsp3) is 1.00. The summed E-state index contributed by atoms with van der Waals surface area (Å²) in [5, 5.41) is 7.19. The van der Waals surface area contributed by atoms with Crippen LogP contribution in [-0.2, 0) is 0 Å². The standard InChI is InChI=1S/C3H4Cl2N2/c4-3(5)1-6-7-2-3/h1-2H2. The first-order valence-electron chi connectivity index (χ1n) is 1.92. The topological polar surface area (TPSA) is 24.7 Å². The highest BCUT2D eigenvalue weighted by molar-refractivity contribution is 6.49. The van der Waals surface area contributed by atoms with Crippen LogP contribution in [0.5, 0.6) is 0 Å². The molecule has 0 spiro atoms. The fourth-order valence-electron chi connectivity index (χ4n) is 0.357. The summed E-state index contributed by atoms with van der Waals surface area (Å²) in [6, 6.07) is 0. The Bertz CT molecular complexity index is 89.1. The van der Waals surface area contributed by atoms with Crippen molar-refractivity contribution in [1.29, 1.82) is 0 Å². The van der Waals surface area contributed by atoms with Gasteiger partial charge in [0, 0.05) is 0 Å². The molecule has 0 fully saturated rings. The molecule has 1 aliphatic heterocycles. The molecule has 0 N–H and O–H groups in total. The van der Waals surface area contributed by atoms with Crippen LogP contribution in [0.4, 0.5) is 0 Å². The van der Waals surface area contributed by atoms with Gasteiger partial charge in [-0.05, 0) is 0 Å². The summed E-state index contributed by atoms with van der Waals surface area (Å²) in [5.74, 6) is 0. The van der Waals surface area contributed by atoms with Gasteiger partial charge in [0.1, 0.15) is 0 Å². The van der Waals surface area contributed by atoms with E-state index in [4.69, 9.17) is 23.2 Å². The minimum atomic E-state index is -0.694. The molecule has 0 saturated carbocycles. The third kappa shape index (κ3) is 1.28. The smallest absolute Gasteiger partial charge is 0.160 e. The first kappa shape index (κ1) is 5.32. The Balaban J connectivity index is 2.49. The van der Waals surface area contributed by atoms with Crippen LogP contribution in [0.25, 0.3) is 0 Å². The summed E-state index contributed by atoms with van der Waals surface area (Å²) in [4.78, 5) is 0. The summed E-state index contributed by atoms with van der Waals surface area (Å²) in [6.45, 7) is 0.881. The van der Waals surface area contributed by atoms with Gasteiger partial charge in [-0.2, -0.15) is 10.2 Å². The van der Waals surface area contributed by atoms with E-state index < -0.39 is 4.33 Å². The van der Waals surface area contributed by atoms with Gasteiger partial charge in [0.25, 0.3) is 0 Å². The van der Waals surface area contributed by atoms with E-state index in [1.54, 1.807) is 0 Å². The minimum absolute atomic E-state index is 0.441. The predicted octanol–water partition coefficient (Wildman–Crippen LogP) is 1.63. The molecule has 0 atom stereocenters. The normalized spacial score (nSPS) is 26.0. The lowest BCUT2D eigenvalue weighted by Gasteiger charge is -2.03. The Morgan fingerprint density at radius 2 is 1.57 bits per heavy atom. The largest absolute Gasteiger partial charge is 0.191 e. The maximum atomic E-state index is 5.55. The van der Waals surface area contributed by atoms with Gasteiger partial charge in [0.05, 0.1) is 13.1 Å². The van der Waals surface area contributed by atoms with Gasteiger partial charge in [-0.15, -0.1) is 0 Å². The van der Waals surface area contributed by atoms with E-state index in [0.717, 1.165) is 0 Å². The van der Waals surface area contributed by atoms with Crippen LogP contribution in [0.3, 0.4) is 0 Å². The van der Waals surface area contributed by atoms with Gasteiger partial charge in [0.15, 0.2) is 4.33 Å². The van der Waals surface area contributed by atoms with E-state index in [1.807, 2.05) is 0 Å². The average molecular weight is 139 g/mol. The number of nitrogens with zero attached hydrogens (tertiary/aromatic N) is 2. The number of halogens is 2. The molecule has 0 radical (unpaired) electrons. The van der Waals surface area contributed by atoms with Gasteiger partial charge < -0.3 is 0 Å². The molecule has 0 amide bonds. The van der Waals surface area contributed by atoms with E-state index in [0.29, 0.717) is 13.1 Å². The summed E-state index contributed by atoms with van der Waals surface area (Å²) < 4.78 is -0.694. The summed E-state index contributed by atoms with van der Waals surface area (Å²) >= 11 is 11.1. The number of rotatable bonds is 0. The molecular weight excluding hydrogens is 135 g/mol. The van der Waals surface area contributed by atoms with Crippen LogP contribution in [0.1, 0.15) is 0 Å². The average Bonchev–Trinajstić information content (AvgIpc) is 1.84. The highest BCUT2D eigenvalue weighted by Gasteiger charge is 2.26. The lowest BCUT2D eigenvalue weighted by Crippen LogP contribution is -2.15. The molecule has 4 heteroatoms. The number of azo groups is 1. The molecule has 1 rings (SSSR count). The Labute approximate surface area is 51.5 Å². The molecule has 0 saturated heterocycles. The quantitative estimate of drug-likeness (QED) is 0.455. The van der Waals surface area contributed by atoms with Crippen LogP contribution in [-0.4, -0.2) is 17.4 Å². The highest BCUT2D eigenvalue weighted by Crippen LogP contribution is 2.25. The van der Waals surface area contributed by atoms with E-state index in [-0.39, 0.29) is 0 Å². The van der Waals surface area contributed by atoms with Gasteiger partial charge in [-0.1, -0.05) is 23.2 Å². The first-order chi connectivity index (χ1) is 3.21. The molecule has 1 aliphatic rings. The van der Waals surface area contributed by atoms with Gasteiger partial charge in [-0.25, -0.2) is 0 Å². The zero-order chi connectivity index (χ0) is 5.33. The van der Waals surface area contributed by atoms with Crippen molar-refractivity contribution in [3.05, 3.63) is 0 Å². The molecule has 0 aliphatic carbocycles. The van der Waals surface area contributed by atoms with Crippen LogP contribution >= 0.6 is 23.2 Å². The molecule has 0 aromatic heterocycles. The van der Waals surface area contributed by atoms with Crippen molar-refractivity contribution < 1.29 is 0 Å². The van der Waals surface area contributed by atoms with Crippen molar-refractivity contribution in [3.63, 3.8) is 0 Å². The number of hydrogen-bond acceptors (Lipinski definition) is 2. The highest BCUT2D eigenvalue weighted by atomic mass is 35.5. The number of hydrogen-bond donors (Lipinski definition) is 0. The number of alkyl halides is 2. The molecule has 2 nitrogen and oxygen atoms in total. The molecule has 0 aromatic rings. The van der Waals surface area contributed by atoms with Crippen molar-refractivity contribution >= 4 is 23.2 Å². The zero-order valence-electron chi connectivity index (χ0n) is 3.56. The van der Waals surface area contributed by atoms with Crippen LogP contribution in [0.2, 0.25) is 0 Å². The predicted molar refractivity (Wildman–Crippen MR) is 29.0 cm³/mol. The maximum absolute atomic E-state index is 5.55. The third-order valence-electron chi connectivity index (χ3n) is 0.704. The minimum Gasteiger partial charge on any atom is -0.191 e. The van der Waals surface area contributed by atoms with Crippen molar-refractivity contribution in [2.45, 2.75) is 4.33 Å². The van der Waals surface area contributed by atoms with E-state index in [9.17, 15) is 0 Å². The molecule has 0 bridgehead atoms. The lowest BCUT2D eigenvalue weighted by atomic mass is 10.4. The van der Waals surface area contributed by atoms with Crippen LogP contribution in [0, 0.1) is 0 Å². The third-order valence-corrected chi connectivity index (χ3v) is 1.18. The van der Waals surface area contributed by atoms with Crippen molar-refractivity contribution in [3.8, 4) is 0 Å². The summed E-state index contributed by atoms with van der Waals surface area (Å²) in [5.41, 5.74) is 0. The Morgan fingerprint density at radius 1 is 1.14 bits per heavy atom. The van der Waals surface area contributed by atoms with Gasteiger partial charge >= 0.3 is 0 Å². The van der Waals surface area contributed by atoms with Gasteiger partial charge in [0.2, 0.25) is 0 Å². The van der Waals surface area contributed by atoms with Crippen molar-refractivity contribution in [1.82, 2.24) is 0 Å². The van der Waals surface area contributed by atoms with E-state index in [2.05, 4.69) is 10.2 Å². The monoisotopic (exact) mass is 138 g/mol. The lowest BCUT2D eigenvalue weighted by molar-refractivity contribution is 0.903. The second-order valence-electron chi connectivity index (χ2n) is 1.46. The second kappa shape index (κ2) is 1.60. The molecule has 40 valence electrons. The van der Waals surface area contributed by atoms with Crippen LogP contribution < -0.4 is 0 Å². The zero-order valence-corrected chi connectivity index (χ0v) is 5.08. The SMILES string of the molecule is ClC1(Cl)CN=NC1. The van der Waals surface area contributed by atoms with Gasteiger partial charge in [-0.3, -0.25) is 0 Å². The molecule has 1 heterocycles. The fourth-order valence-corrected chi connectivity index (χ4v) is 0.571. The first-order valence-corrected chi connectivity index (χ1v) is 2.67. The summed E-state index contributed by atoms with van der Waals surface area (Å²) in [7, 11) is 0. The van der Waals surface area contributed by atoms with E-state index >= 15 is 0 Å². The second-order valence-corrected chi connectivity index (χ2v) is 3.10. The summed E-state index contributed by atoms with van der Waals surface area (Å²) in [6.07, 6.45) is 0. The maximum Gasteiger partial charge on any atom is 0.160 e. The van der Waals surface area contributed by atoms with Crippen molar-refractivity contribution in [2.75, 3.05) is 13.1 Å². The Kier molecular flexibility index (Phi) is 1.22. The molecular formula is C3H4Cl2N2. The molecule has 0 unspecified atom stereocenters. The molecule has 0 aromatic carbocycles. The Morgan fingerprint density at radius 3 is 1.71 bits per heavy atom. The van der Waals surface area contributed by atoms with Crippen molar-refractivity contribution in [2.24, 2.45) is 10.2 Å². The molecule has 7 heavy (non-hydrogen) atoms. The van der Waals surface area contributed by atoms with Crippen LogP contribution in [0.15, 0.2) is 10.2 Å². The van der Waals surface area contributed by atoms with E-state index in [1.165, 1.54) is 0 Å².